The first-order valence-electron chi connectivity index (χ1n) is 4.70. The number of carbonyl (C=O) groups excluding carboxylic acids is 1. The van der Waals surface area contributed by atoms with Gasteiger partial charge in [-0.25, -0.2) is 9.37 Å². The van der Waals surface area contributed by atoms with Crippen molar-refractivity contribution in [2.45, 2.75) is 6.18 Å². The highest BCUT2D eigenvalue weighted by Crippen LogP contribution is 2.29. The van der Waals surface area contributed by atoms with Crippen LogP contribution in [0.1, 0.15) is 16.2 Å². The Hall–Kier alpha value is -1.77. The molecule has 2 aromatic rings. The van der Waals surface area contributed by atoms with Gasteiger partial charge in [0.25, 0.3) is 5.56 Å². The maximum absolute atomic E-state index is 13.6. The SMILES string of the molecule is O=Cc1c(F)c(Br)cc2c(=O)[nH]c(C(F)(F)F)nc12. The Labute approximate surface area is 110 Å². The summed E-state index contributed by atoms with van der Waals surface area (Å²) in [5.41, 5.74) is -2.45. The van der Waals surface area contributed by atoms with E-state index in [-0.39, 0.29) is 16.1 Å². The van der Waals surface area contributed by atoms with Crippen molar-refractivity contribution in [1.29, 1.82) is 0 Å². The van der Waals surface area contributed by atoms with Crippen LogP contribution in [0.15, 0.2) is 15.3 Å². The van der Waals surface area contributed by atoms with Crippen molar-refractivity contribution in [3.8, 4) is 0 Å². The summed E-state index contributed by atoms with van der Waals surface area (Å²) in [7, 11) is 0. The van der Waals surface area contributed by atoms with Gasteiger partial charge in [0.05, 0.1) is 20.9 Å². The molecule has 0 bridgehead atoms. The van der Waals surface area contributed by atoms with Gasteiger partial charge in [0, 0.05) is 0 Å². The van der Waals surface area contributed by atoms with Gasteiger partial charge in [0.15, 0.2) is 6.29 Å². The minimum atomic E-state index is -4.91. The molecule has 0 aliphatic rings. The summed E-state index contributed by atoms with van der Waals surface area (Å²) < 4.78 is 50.8. The van der Waals surface area contributed by atoms with Gasteiger partial charge in [-0.2, -0.15) is 13.2 Å². The van der Waals surface area contributed by atoms with E-state index in [1.807, 2.05) is 0 Å². The number of alkyl halides is 3. The molecule has 19 heavy (non-hydrogen) atoms. The normalized spacial score (nSPS) is 11.8. The Balaban J connectivity index is 2.98. The molecule has 0 saturated heterocycles. The smallest absolute Gasteiger partial charge is 0.302 e. The van der Waals surface area contributed by atoms with Gasteiger partial charge in [-0.3, -0.25) is 9.59 Å². The number of nitrogens with zero attached hydrogens (tertiary/aromatic N) is 1. The van der Waals surface area contributed by atoms with Crippen LogP contribution in [0.2, 0.25) is 0 Å². The van der Waals surface area contributed by atoms with Crippen molar-refractivity contribution >= 4 is 33.1 Å². The van der Waals surface area contributed by atoms with Crippen LogP contribution in [0.3, 0.4) is 0 Å². The molecule has 0 fully saturated rings. The third kappa shape index (κ3) is 2.25. The maximum Gasteiger partial charge on any atom is 0.449 e. The van der Waals surface area contributed by atoms with Gasteiger partial charge in [-0.1, -0.05) is 0 Å². The van der Waals surface area contributed by atoms with Crippen molar-refractivity contribution in [2.75, 3.05) is 0 Å². The topological polar surface area (TPSA) is 62.8 Å². The minimum absolute atomic E-state index is 0.00895. The molecule has 0 spiro atoms. The molecule has 0 atom stereocenters. The molecule has 1 N–H and O–H groups in total. The van der Waals surface area contributed by atoms with E-state index >= 15 is 0 Å². The standard InChI is InChI=1S/C10H3BrF4N2O2/c11-5-1-3-7(4(2-18)6(5)12)16-9(10(13,14)15)17-8(3)19/h1-2H,(H,16,17,19). The van der Waals surface area contributed by atoms with E-state index in [2.05, 4.69) is 20.9 Å². The molecular weight excluding hydrogens is 336 g/mol. The highest BCUT2D eigenvalue weighted by atomic mass is 79.9. The van der Waals surface area contributed by atoms with Crippen LogP contribution < -0.4 is 5.56 Å². The predicted molar refractivity (Wildman–Crippen MR) is 60.4 cm³/mol. The summed E-state index contributed by atoms with van der Waals surface area (Å²) in [6.07, 6.45) is -4.90. The minimum Gasteiger partial charge on any atom is -0.302 e. The molecule has 4 nitrogen and oxygen atoms in total. The first kappa shape index (κ1) is 13.7. The fraction of sp³-hybridized carbons (Fsp3) is 0.100. The molecule has 9 heteroatoms. The van der Waals surface area contributed by atoms with Gasteiger partial charge in [0.2, 0.25) is 5.82 Å². The number of H-pyrrole nitrogens is 1. The zero-order valence-electron chi connectivity index (χ0n) is 8.81. The molecule has 1 heterocycles. The lowest BCUT2D eigenvalue weighted by atomic mass is 10.1. The number of aldehydes is 1. The highest BCUT2D eigenvalue weighted by Gasteiger charge is 2.35. The average molecular weight is 339 g/mol. The van der Waals surface area contributed by atoms with Crippen molar-refractivity contribution in [3.63, 3.8) is 0 Å². The Bertz CT molecular complexity index is 739. The highest BCUT2D eigenvalue weighted by molar-refractivity contribution is 9.10. The van der Waals surface area contributed by atoms with E-state index in [0.717, 1.165) is 6.07 Å². The van der Waals surface area contributed by atoms with Crippen molar-refractivity contribution in [2.24, 2.45) is 0 Å². The first-order chi connectivity index (χ1) is 8.75. The Morgan fingerprint density at radius 3 is 2.53 bits per heavy atom. The summed E-state index contributed by atoms with van der Waals surface area (Å²) in [4.78, 5) is 26.9. The summed E-state index contributed by atoms with van der Waals surface area (Å²) >= 11 is 2.76. The lowest BCUT2D eigenvalue weighted by Gasteiger charge is -2.08. The Kier molecular flexibility index (Phi) is 3.17. The van der Waals surface area contributed by atoms with Crippen LogP contribution in [-0.2, 0) is 6.18 Å². The second-order valence-electron chi connectivity index (χ2n) is 3.51. The van der Waals surface area contributed by atoms with E-state index in [4.69, 9.17) is 0 Å². The molecule has 0 amide bonds. The number of aromatic nitrogens is 2. The van der Waals surface area contributed by atoms with Crippen LogP contribution >= 0.6 is 15.9 Å². The van der Waals surface area contributed by atoms with E-state index in [1.165, 1.54) is 4.98 Å². The van der Waals surface area contributed by atoms with E-state index < -0.39 is 34.5 Å². The Morgan fingerprint density at radius 2 is 2.00 bits per heavy atom. The number of fused-ring (bicyclic) bond motifs is 1. The van der Waals surface area contributed by atoms with E-state index in [1.54, 1.807) is 0 Å². The first-order valence-corrected chi connectivity index (χ1v) is 5.49. The van der Waals surface area contributed by atoms with Crippen LogP contribution in [0.25, 0.3) is 10.9 Å². The number of hydrogen-bond donors (Lipinski definition) is 1. The molecular formula is C10H3BrF4N2O2. The fourth-order valence-corrected chi connectivity index (χ4v) is 1.93. The summed E-state index contributed by atoms with van der Waals surface area (Å²) in [6, 6.07) is 0.962. The molecule has 0 aliphatic heterocycles. The average Bonchev–Trinajstić information content (AvgIpc) is 2.30. The van der Waals surface area contributed by atoms with Gasteiger partial charge in [0.1, 0.15) is 5.82 Å². The van der Waals surface area contributed by atoms with Crippen LogP contribution in [-0.4, -0.2) is 16.3 Å². The van der Waals surface area contributed by atoms with Crippen LogP contribution in [0.4, 0.5) is 17.6 Å². The summed E-state index contributed by atoms with van der Waals surface area (Å²) in [5, 5.41) is -0.316. The maximum atomic E-state index is 13.6. The monoisotopic (exact) mass is 338 g/mol. The lowest BCUT2D eigenvalue weighted by molar-refractivity contribution is -0.144. The number of aromatic amines is 1. The molecule has 1 aromatic carbocycles. The number of nitrogens with one attached hydrogen (secondary N) is 1. The summed E-state index contributed by atoms with van der Waals surface area (Å²) in [6.45, 7) is 0. The van der Waals surface area contributed by atoms with Crippen molar-refractivity contribution < 1.29 is 22.4 Å². The second-order valence-corrected chi connectivity index (χ2v) is 4.37. The van der Waals surface area contributed by atoms with Gasteiger partial charge in [-0.15, -0.1) is 0 Å². The molecule has 0 radical (unpaired) electrons. The lowest BCUT2D eigenvalue weighted by Crippen LogP contribution is -2.20. The molecule has 0 unspecified atom stereocenters. The molecule has 0 saturated carbocycles. The number of hydrogen-bond acceptors (Lipinski definition) is 3. The summed E-state index contributed by atoms with van der Waals surface area (Å²) in [5.74, 6) is -2.66. The van der Waals surface area contributed by atoms with Crippen molar-refractivity contribution in [1.82, 2.24) is 9.97 Å². The van der Waals surface area contributed by atoms with Gasteiger partial charge in [-0.05, 0) is 22.0 Å². The van der Waals surface area contributed by atoms with Crippen molar-refractivity contribution in [3.05, 3.63) is 38.1 Å². The second kappa shape index (κ2) is 4.41. The van der Waals surface area contributed by atoms with Gasteiger partial charge < -0.3 is 4.98 Å². The zero-order valence-corrected chi connectivity index (χ0v) is 10.4. The Morgan fingerprint density at radius 1 is 1.37 bits per heavy atom. The quantitative estimate of drug-likeness (QED) is 0.642. The third-order valence-electron chi connectivity index (χ3n) is 2.31. The van der Waals surface area contributed by atoms with Crippen LogP contribution in [0, 0.1) is 5.82 Å². The molecule has 100 valence electrons. The van der Waals surface area contributed by atoms with Gasteiger partial charge >= 0.3 is 6.18 Å². The zero-order chi connectivity index (χ0) is 14.4. The third-order valence-corrected chi connectivity index (χ3v) is 2.89. The predicted octanol–water partition coefficient (Wildman–Crippen LogP) is 2.66. The molecule has 1 aromatic heterocycles. The largest absolute Gasteiger partial charge is 0.449 e. The fourth-order valence-electron chi connectivity index (χ4n) is 1.49. The number of rotatable bonds is 1. The number of halogens is 5. The van der Waals surface area contributed by atoms with E-state index in [9.17, 15) is 27.2 Å². The number of carbonyl (C=O) groups is 1. The number of benzene rings is 1. The molecule has 2 rings (SSSR count). The van der Waals surface area contributed by atoms with Crippen LogP contribution in [0.5, 0.6) is 0 Å². The molecule has 0 aliphatic carbocycles. The van der Waals surface area contributed by atoms with E-state index in [0.29, 0.717) is 0 Å².